The molecule has 1 N–H and O–H groups in total. The fourth-order valence-electron chi connectivity index (χ4n) is 1.03. The molecule has 2 rings (SSSR count). The summed E-state index contributed by atoms with van der Waals surface area (Å²) in [5, 5.41) is 17.8. The lowest BCUT2D eigenvalue weighted by molar-refractivity contribution is 0.481. The summed E-state index contributed by atoms with van der Waals surface area (Å²) in [6, 6.07) is 3.49. The van der Waals surface area contributed by atoms with E-state index in [0.29, 0.717) is 24.4 Å². The Bertz CT molecular complexity index is 413. The van der Waals surface area contributed by atoms with Crippen LogP contribution in [0.1, 0.15) is 6.42 Å². The Kier molecular flexibility index (Phi) is 2.48. The quantitative estimate of drug-likeness (QED) is 0.712. The summed E-state index contributed by atoms with van der Waals surface area (Å²) < 4.78 is 13.1. The van der Waals surface area contributed by atoms with E-state index in [0.717, 1.165) is 0 Å². The van der Waals surface area contributed by atoms with Gasteiger partial charge in [-0.1, -0.05) is 0 Å². The Hall–Kier alpha value is -1.79. The SMILES string of the molecule is FCCCNc1ccc2nnnn2n1. The monoisotopic (exact) mass is 196 g/mol. The van der Waals surface area contributed by atoms with E-state index in [4.69, 9.17) is 0 Å². The summed E-state index contributed by atoms with van der Waals surface area (Å²) in [4.78, 5) is 0. The molecule has 2 heterocycles. The second kappa shape index (κ2) is 3.95. The third-order valence-corrected chi connectivity index (χ3v) is 1.69. The second-order valence-electron chi connectivity index (χ2n) is 2.71. The number of nitrogens with one attached hydrogen (secondary N) is 1. The number of alkyl halides is 1. The maximum Gasteiger partial charge on any atom is 0.200 e. The summed E-state index contributed by atoms with van der Waals surface area (Å²) in [5.74, 6) is 0.637. The highest BCUT2D eigenvalue weighted by Gasteiger charge is 1.99. The Morgan fingerprint density at radius 1 is 1.43 bits per heavy atom. The minimum atomic E-state index is -0.333. The predicted molar refractivity (Wildman–Crippen MR) is 47.7 cm³/mol. The highest BCUT2D eigenvalue weighted by Crippen LogP contribution is 2.02. The number of aromatic nitrogens is 5. The van der Waals surface area contributed by atoms with Crippen LogP contribution in [0.4, 0.5) is 10.2 Å². The van der Waals surface area contributed by atoms with Crippen LogP contribution < -0.4 is 5.32 Å². The van der Waals surface area contributed by atoms with Crippen LogP contribution in [0.15, 0.2) is 12.1 Å². The molecule has 0 saturated heterocycles. The van der Waals surface area contributed by atoms with Crippen molar-refractivity contribution in [1.29, 1.82) is 0 Å². The van der Waals surface area contributed by atoms with Crippen molar-refractivity contribution < 1.29 is 4.39 Å². The first kappa shape index (κ1) is 8.79. The minimum absolute atomic E-state index is 0.333. The van der Waals surface area contributed by atoms with Gasteiger partial charge in [-0.2, -0.15) is 0 Å². The summed E-state index contributed by atoms with van der Waals surface area (Å²) >= 11 is 0. The maximum absolute atomic E-state index is 11.8. The molecule has 0 atom stereocenters. The van der Waals surface area contributed by atoms with Crippen molar-refractivity contribution in [2.75, 3.05) is 18.5 Å². The summed E-state index contributed by atoms with van der Waals surface area (Å²) in [6.45, 7) is 0.220. The van der Waals surface area contributed by atoms with Crippen LogP contribution in [0.3, 0.4) is 0 Å². The molecule has 6 nitrogen and oxygen atoms in total. The van der Waals surface area contributed by atoms with E-state index in [2.05, 4.69) is 25.9 Å². The molecule has 0 aliphatic carbocycles. The van der Waals surface area contributed by atoms with Crippen molar-refractivity contribution in [2.45, 2.75) is 6.42 Å². The van der Waals surface area contributed by atoms with Gasteiger partial charge in [0.05, 0.1) is 6.67 Å². The third-order valence-electron chi connectivity index (χ3n) is 1.69. The largest absolute Gasteiger partial charge is 0.368 e. The van der Waals surface area contributed by atoms with Gasteiger partial charge >= 0.3 is 0 Å². The van der Waals surface area contributed by atoms with Gasteiger partial charge in [0.2, 0.25) is 0 Å². The molecule has 0 radical (unpaired) electrons. The van der Waals surface area contributed by atoms with Crippen LogP contribution >= 0.6 is 0 Å². The van der Waals surface area contributed by atoms with Crippen LogP contribution in [-0.4, -0.2) is 38.5 Å². The topological polar surface area (TPSA) is 68.0 Å². The highest BCUT2D eigenvalue weighted by atomic mass is 19.1. The van der Waals surface area contributed by atoms with Crippen molar-refractivity contribution in [1.82, 2.24) is 25.3 Å². The lowest BCUT2D eigenvalue weighted by atomic mass is 10.4. The average Bonchev–Trinajstić information content (AvgIpc) is 2.65. The van der Waals surface area contributed by atoms with E-state index in [-0.39, 0.29) is 6.67 Å². The average molecular weight is 196 g/mol. The third kappa shape index (κ3) is 1.76. The molecule has 0 amide bonds. The van der Waals surface area contributed by atoms with Gasteiger partial charge in [-0.05, 0) is 29.0 Å². The molecule has 0 aromatic carbocycles. The van der Waals surface area contributed by atoms with Gasteiger partial charge in [-0.15, -0.1) is 14.8 Å². The van der Waals surface area contributed by atoms with Crippen LogP contribution in [0.25, 0.3) is 5.65 Å². The molecule has 0 aliphatic heterocycles. The fourth-order valence-corrected chi connectivity index (χ4v) is 1.03. The molecule has 0 unspecified atom stereocenters. The smallest absolute Gasteiger partial charge is 0.200 e. The first-order chi connectivity index (χ1) is 6.90. The number of tetrazole rings is 1. The molecular formula is C7H9FN6. The maximum atomic E-state index is 11.8. The molecule has 2 aromatic rings. The number of anilines is 1. The first-order valence-corrected chi connectivity index (χ1v) is 4.25. The molecule has 74 valence electrons. The van der Waals surface area contributed by atoms with E-state index in [1.165, 1.54) is 4.63 Å². The Morgan fingerprint density at radius 3 is 3.21 bits per heavy atom. The van der Waals surface area contributed by atoms with Crippen LogP contribution in [-0.2, 0) is 0 Å². The molecule has 0 fully saturated rings. The number of nitrogens with zero attached hydrogens (tertiary/aromatic N) is 5. The Morgan fingerprint density at radius 2 is 2.36 bits per heavy atom. The van der Waals surface area contributed by atoms with Gasteiger partial charge in [0.25, 0.3) is 0 Å². The molecule has 0 aliphatic rings. The minimum Gasteiger partial charge on any atom is -0.368 e. The van der Waals surface area contributed by atoms with Crippen LogP contribution in [0, 0.1) is 0 Å². The summed E-state index contributed by atoms with van der Waals surface area (Å²) in [5.41, 5.74) is 0.584. The van der Waals surface area contributed by atoms with E-state index < -0.39 is 0 Å². The zero-order chi connectivity index (χ0) is 9.80. The fraction of sp³-hybridized carbons (Fsp3) is 0.429. The van der Waals surface area contributed by atoms with Gasteiger partial charge < -0.3 is 5.32 Å². The standard InChI is InChI=1S/C7H9FN6/c8-4-1-5-9-6-2-3-7-10-12-13-14(7)11-6/h2-3H,1,4-5H2,(H,9,11). The lowest BCUT2D eigenvalue weighted by Crippen LogP contribution is -2.06. The molecule has 0 spiro atoms. The zero-order valence-electron chi connectivity index (χ0n) is 7.39. The van der Waals surface area contributed by atoms with E-state index in [9.17, 15) is 4.39 Å². The van der Waals surface area contributed by atoms with Gasteiger partial charge in [0.15, 0.2) is 5.65 Å². The second-order valence-corrected chi connectivity index (χ2v) is 2.71. The van der Waals surface area contributed by atoms with Crippen LogP contribution in [0.5, 0.6) is 0 Å². The van der Waals surface area contributed by atoms with Gasteiger partial charge in [-0.3, -0.25) is 4.39 Å². The first-order valence-electron chi connectivity index (χ1n) is 4.25. The normalized spacial score (nSPS) is 10.6. The van der Waals surface area contributed by atoms with Crippen molar-refractivity contribution in [2.24, 2.45) is 0 Å². The number of halogens is 1. The summed E-state index contributed by atoms with van der Waals surface area (Å²) in [7, 11) is 0. The zero-order valence-corrected chi connectivity index (χ0v) is 7.39. The van der Waals surface area contributed by atoms with E-state index in [1.807, 2.05) is 0 Å². The predicted octanol–water partition coefficient (Wildman–Crippen LogP) is 0.291. The lowest BCUT2D eigenvalue weighted by Gasteiger charge is -2.02. The van der Waals surface area contributed by atoms with E-state index >= 15 is 0 Å². The number of rotatable bonds is 4. The van der Waals surface area contributed by atoms with Crippen molar-refractivity contribution in [3.63, 3.8) is 0 Å². The Labute approximate surface area is 79.1 Å². The molecule has 0 saturated carbocycles. The number of hydrogen-bond acceptors (Lipinski definition) is 5. The Balaban J connectivity index is 2.10. The molecule has 14 heavy (non-hydrogen) atoms. The molecule has 2 aromatic heterocycles. The van der Waals surface area contributed by atoms with E-state index in [1.54, 1.807) is 12.1 Å². The van der Waals surface area contributed by atoms with Gasteiger partial charge in [0.1, 0.15) is 5.82 Å². The highest BCUT2D eigenvalue weighted by molar-refractivity contribution is 5.41. The molecular weight excluding hydrogens is 187 g/mol. The molecule has 7 heteroatoms. The van der Waals surface area contributed by atoms with Gasteiger partial charge in [0, 0.05) is 6.54 Å². The number of fused-ring (bicyclic) bond motifs is 1. The number of hydrogen-bond donors (Lipinski definition) is 1. The van der Waals surface area contributed by atoms with Crippen molar-refractivity contribution >= 4 is 11.5 Å². The summed E-state index contributed by atoms with van der Waals surface area (Å²) in [6.07, 6.45) is 0.468. The van der Waals surface area contributed by atoms with Crippen LogP contribution in [0.2, 0.25) is 0 Å². The molecule has 0 bridgehead atoms. The van der Waals surface area contributed by atoms with Gasteiger partial charge in [-0.25, -0.2) is 0 Å². The van der Waals surface area contributed by atoms with Crippen molar-refractivity contribution in [3.05, 3.63) is 12.1 Å². The van der Waals surface area contributed by atoms with Crippen molar-refractivity contribution in [3.8, 4) is 0 Å².